The van der Waals surface area contributed by atoms with Crippen LogP contribution >= 0.6 is 0 Å². The summed E-state index contributed by atoms with van der Waals surface area (Å²) in [7, 11) is 0. The number of amides is 2. The van der Waals surface area contributed by atoms with Gasteiger partial charge >= 0.3 is 0 Å². The minimum Gasteiger partial charge on any atom is -0.390 e. The lowest BCUT2D eigenvalue weighted by Gasteiger charge is -2.48. The molecule has 3 fully saturated rings. The van der Waals surface area contributed by atoms with E-state index in [9.17, 15) is 24.6 Å². The Hall–Kier alpha value is -2.11. The van der Waals surface area contributed by atoms with Gasteiger partial charge in [-0.15, -0.1) is 0 Å². The van der Waals surface area contributed by atoms with E-state index in [1.165, 1.54) is 0 Å². The third-order valence-corrected chi connectivity index (χ3v) is 11.2. The van der Waals surface area contributed by atoms with Gasteiger partial charge < -0.3 is 35.1 Å². The maximum absolute atomic E-state index is 12.9. The maximum Gasteiger partial charge on any atom is 0.225 e. The normalized spacial score (nSPS) is 31.6. The average Bonchev–Trinajstić information content (AvgIpc) is 3.07. The Morgan fingerprint density at radius 1 is 0.900 bits per heavy atom. The zero-order valence-corrected chi connectivity index (χ0v) is 32.0. The van der Waals surface area contributed by atoms with Gasteiger partial charge in [0.2, 0.25) is 11.8 Å². The molecule has 50 heavy (non-hydrogen) atoms. The van der Waals surface area contributed by atoms with E-state index in [1.54, 1.807) is 26.0 Å². The molecule has 0 saturated carbocycles. The third-order valence-electron chi connectivity index (χ3n) is 11.2. The Morgan fingerprint density at radius 2 is 1.64 bits per heavy atom. The van der Waals surface area contributed by atoms with E-state index in [1.807, 2.05) is 20.8 Å². The first-order chi connectivity index (χ1) is 23.7. The van der Waals surface area contributed by atoms with Gasteiger partial charge in [-0.25, -0.2) is 0 Å². The molecular formula is C40H68N2O8. The molecule has 1 spiro atoms. The molecule has 3 aliphatic heterocycles. The van der Waals surface area contributed by atoms with Crippen LogP contribution in [-0.4, -0.2) is 83.3 Å². The average molecular weight is 705 g/mol. The molecule has 3 saturated heterocycles. The molecule has 10 heteroatoms. The molecule has 0 aromatic rings. The monoisotopic (exact) mass is 704 g/mol. The molecule has 0 aromatic carbocycles. The molecule has 0 unspecified atom stereocenters. The van der Waals surface area contributed by atoms with E-state index >= 15 is 0 Å². The van der Waals surface area contributed by atoms with Crippen LogP contribution in [-0.2, 0) is 28.6 Å². The summed E-state index contributed by atoms with van der Waals surface area (Å²) in [6, 6.07) is 0. The van der Waals surface area contributed by atoms with Crippen molar-refractivity contribution in [1.29, 1.82) is 0 Å². The van der Waals surface area contributed by atoms with Crippen molar-refractivity contribution in [3.63, 3.8) is 0 Å². The highest BCUT2D eigenvalue weighted by Gasteiger charge is 2.44. The van der Waals surface area contributed by atoms with Crippen LogP contribution < -0.4 is 10.6 Å². The molecule has 11 atom stereocenters. The third kappa shape index (κ3) is 13.8. The first-order valence-corrected chi connectivity index (χ1v) is 19.5. The SMILES string of the molecule is C/C=C/C(=O)C[C@H]1CC[C@@H](C)[C@H](CC(=O)NC[C@H](O)[C@@H](C)C(=O)NCCC[C@H]2O[C@@]3(CCC[C@@H](CC[C@H](C)/C=C(\C)[C@H](C)O)O3)CC[C@@H]2C)O1. The molecule has 3 heterocycles. The summed E-state index contributed by atoms with van der Waals surface area (Å²) in [5, 5.41) is 26.2. The van der Waals surface area contributed by atoms with E-state index in [-0.39, 0.29) is 60.9 Å². The van der Waals surface area contributed by atoms with Gasteiger partial charge in [-0.3, -0.25) is 14.4 Å². The van der Waals surface area contributed by atoms with Crippen LogP contribution in [0.1, 0.15) is 132 Å². The van der Waals surface area contributed by atoms with Crippen LogP contribution in [0.3, 0.4) is 0 Å². The lowest BCUT2D eigenvalue weighted by Crippen LogP contribution is -2.50. The van der Waals surface area contributed by atoms with E-state index < -0.39 is 23.9 Å². The van der Waals surface area contributed by atoms with E-state index in [4.69, 9.17) is 14.2 Å². The zero-order valence-electron chi connectivity index (χ0n) is 32.0. The molecule has 286 valence electrons. The molecule has 0 bridgehead atoms. The zero-order chi connectivity index (χ0) is 36.8. The van der Waals surface area contributed by atoms with Crippen molar-refractivity contribution in [2.45, 2.75) is 174 Å². The van der Waals surface area contributed by atoms with Crippen LogP contribution in [0.5, 0.6) is 0 Å². The number of aliphatic hydroxyl groups is 2. The largest absolute Gasteiger partial charge is 0.390 e. The highest BCUT2D eigenvalue weighted by Crippen LogP contribution is 2.43. The smallest absolute Gasteiger partial charge is 0.225 e. The number of ether oxygens (including phenoxy) is 3. The summed E-state index contributed by atoms with van der Waals surface area (Å²) in [4.78, 5) is 37.6. The van der Waals surface area contributed by atoms with Crippen molar-refractivity contribution in [3.8, 4) is 0 Å². The summed E-state index contributed by atoms with van der Waals surface area (Å²) < 4.78 is 19.5. The van der Waals surface area contributed by atoms with Gasteiger partial charge in [0, 0.05) is 32.4 Å². The van der Waals surface area contributed by atoms with Crippen molar-refractivity contribution >= 4 is 17.6 Å². The molecule has 3 rings (SSSR count). The van der Waals surface area contributed by atoms with Crippen LogP contribution in [0, 0.1) is 23.7 Å². The summed E-state index contributed by atoms with van der Waals surface area (Å²) in [5.74, 6) is -0.680. The quantitative estimate of drug-likeness (QED) is 0.0782. The summed E-state index contributed by atoms with van der Waals surface area (Å²) in [6.07, 6.45) is 14.5. The Balaban J connectivity index is 1.36. The first kappa shape index (κ1) is 42.3. The van der Waals surface area contributed by atoms with Crippen molar-refractivity contribution in [2.24, 2.45) is 23.7 Å². The first-order valence-electron chi connectivity index (χ1n) is 19.5. The lowest BCUT2D eigenvalue weighted by atomic mass is 9.85. The number of aliphatic hydroxyl groups excluding tert-OH is 2. The number of hydrogen-bond donors (Lipinski definition) is 4. The van der Waals surface area contributed by atoms with Crippen LogP contribution in [0.4, 0.5) is 0 Å². The predicted octanol–water partition coefficient (Wildman–Crippen LogP) is 5.93. The highest BCUT2D eigenvalue weighted by molar-refractivity contribution is 5.89. The van der Waals surface area contributed by atoms with Gasteiger partial charge in [0.15, 0.2) is 11.6 Å². The summed E-state index contributed by atoms with van der Waals surface area (Å²) >= 11 is 0. The van der Waals surface area contributed by atoms with Gasteiger partial charge in [0.25, 0.3) is 0 Å². The van der Waals surface area contributed by atoms with Crippen molar-refractivity contribution in [2.75, 3.05) is 13.1 Å². The lowest BCUT2D eigenvalue weighted by molar-refractivity contribution is -0.324. The Morgan fingerprint density at radius 3 is 2.36 bits per heavy atom. The van der Waals surface area contributed by atoms with E-state index in [0.717, 1.165) is 76.2 Å². The minimum atomic E-state index is -1.02. The van der Waals surface area contributed by atoms with E-state index in [0.29, 0.717) is 24.8 Å². The maximum atomic E-state index is 12.9. The number of carbonyl (C=O) groups is 3. The Kier molecular flexibility index (Phi) is 17.6. The van der Waals surface area contributed by atoms with Gasteiger partial charge in [-0.1, -0.05) is 39.8 Å². The number of allylic oxidation sites excluding steroid dienone is 3. The molecule has 4 N–H and O–H groups in total. The topological polar surface area (TPSA) is 143 Å². The number of nitrogens with one attached hydrogen (secondary N) is 2. The number of ketones is 1. The van der Waals surface area contributed by atoms with Gasteiger partial charge in [0.05, 0.1) is 49.0 Å². The number of rotatable bonds is 18. The van der Waals surface area contributed by atoms with E-state index in [2.05, 4.69) is 30.6 Å². The van der Waals surface area contributed by atoms with Crippen LogP contribution in [0.15, 0.2) is 23.8 Å². The summed E-state index contributed by atoms with van der Waals surface area (Å²) in [6.45, 7) is 14.2. The second-order valence-corrected chi connectivity index (χ2v) is 15.7. The van der Waals surface area contributed by atoms with Gasteiger partial charge in [-0.2, -0.15) is 0 Å². The fraction of sp³-hybridized carbons (Fsp3) is 0.825. The molecule has 3 aliphatic rings. The Labute approximate surface area is 301 Å². The molecule has 2 amide bonds. The number of carbonyl (C=O) groups excluding carboxylic acids is 3. The molecule has 0 radical (unpaired) electrons. The van der Waals surface area contributed by atoms with Crippen molar-refractivity contribution < 1.29 is 38.8 Å². The predicted molar refractivity (Wildman–Crippen MR) is 195 cm³/mol. The standard InChI is InChI=1S/C40H68N2O8/c1-8-11-32(44)23-34-17-15-27(3)37(48-34)24-38(46)42-25-35(45)30(6)39(47)41-21-10-13-36-28(4)18-20-40(50-36)19-9-12-33(49-40)16-14-26(2)22-29(5)31(7)43/h8,11,22,26-28,30-31,33-37,43,45H,9-10,12-21,23-25H2,1-7H3,(H,41,47)(H,42,46)/b11-8+,29-22+/t26-,27+,28-,30+,31-,33-,34+,35-,36+,37-,40-/m0/s1. The van der Waals surface area contributed by atoms with Crippen LogP contribution in [0.2, 0.25) is 0 Å². The van der Waals surface area contributed by atoms with Gasteiger partial charge in [-0.05, 0) is 108 Å². The molecule has 10 nitrogen and oxygen atoms in total. The van der Waals surface area contributed by atoms with Crippen molar-refractivity contribution in [3.05, 3.63) is 23.8 Å². The highest BCUT2D eigenvalue weighted by atomic mass is 16.7. The molecule has 0 aliphatic carbocycles. The minimum absolute atomic E-state index is 0.0223. The van der Waals surface area contributed by atoms with Crippen LogP contribution in [0.25, 0.3) is 0 Å². The fourth-order valence-corrected chi connectivity index (χ4v) is 7.51. The second-order valence-electron chi connectivity index (χ2n) is 15.7. The second kappa shape index (κ2) is 20.8. The Bertz CT molecular complexity index is 1140. The number of hydrogen-bond acceptors (Lipinski definition) is 8. The summed E-state index contributed by atoms with van der Waals surface area (Å²) in [5.41, 5.74) is 1.01. The molecule has 0 aromatic heterocycles. The molecular weight excluding hydrogens is 636 g/mol. The van der Waals surface area contributed by atoms with Gasteiger partial charge in [0.1, 0.15) is 0 Å². The fourth-order valence-electron chi connectivity index (χ4n) is 7.51. The van der Waals surface area contributed by atoms with Crippen molar-refractivity contribution in [1.82, 2.24) is 10.6 Å².